The number of hydrogen-bond acceptors (Lipinski definition) is 3. The number of carboxylic acids is 1. The van der Waals surface area contributed by atoms with Crippen LogP contribution in [0.5, 0.6) is 0 Å². The molecule has 1 aliphatic rings. The maximum atomic E-state index is 14.0. The number of likely N-dealkylation sites (tertiary alicyclic amines) is 1. The summed E-state index contributed by atoms with van der Waals surface area (Å²) in [5.41, 5.74) is 0.668. The third-order valence-electron chi connectivity index (χ3n) is 4.61. The maximum absolute atomic E-state index is 14.0. The third kappa shape index (κ3) is 2.72. The van der Waals surface area contributed by atoms with Crippen LogP contribution >= 0.6 is 11.3 Å². The number of carboxylic acid groups (broad SMARTS) is 1. The molecule has 23 heavy (non-hydrogen) atoms. The van der Waals surface area contributed by atoms with Crippen LogP contribution < -0.4 is 0 Å². The average molecular weight is 335 g/mol. The van der Waals surface area contributed by atoms with E-state index < -0.39 is 11.9 Å². The minimum atomic E-state index is -0.801. The highest BCUT2D eigenvalue weighted by molar-refractivity contribution is 7.21. The second-order valence-electron chi connectivity index (χ2n) is 6.13. The molecule has 2 heterocycles. The van der Waals surface area contributed by atoms with Gasteiger partial charge in [0.15, 0.2) is 0 Å². The summed E-state index contributed by atoms with van der Waals surface area (Å²) in [5.74, 6) is -1.73. The zero-order valence-corrected chi connectivity index (χ0v) is 13.8. The first kappa shape index (κ1) is 15.9. The molecule has 0 radical (unpaired) electrons. The predicted octanol–water partition coefficient (Wildman–Crippen LogP) is 3.53. The lowest BCUT2D eigenvalue weighted by molar-refractivity contribution is -0.145. The van der Waals surface area contributed by atoms with Crippen LogP contribution in [0.1, 0.15) is 28.6 Å². The zero-order valence-electron chi connectivity index (χ0n) is 13.0. The molecule has 1 saturated heterocycles. The Morgan fingerprint density at radius 1 is 1.39 bits per heavy atom. The van der Waals surface area contributed by atoms with Crippen molar-refractivity contribution >= 4 is 33.3 Å². The van der Waals surface area contributed by atoms with Crippen LogP contribution in [0.2, 0.25) is 0 Å². The number of carbonyl (C=O) groups excluding carboxylic acids is 1. The van der Waals surface area contributed by atoms with Crippen LogP contribution in [0.25, 0.3) is 10.1 Å². The molecule has 1 aromatic heterocycles. The Hall–Kier alpha value is -1.95. The number of fused-ring (bicyclic) bond motifs is 1. The van der Waals surface area contributed by atoms with Crippen molar-refractivity contribution in [2.45, 2.75) is 20.3 Å². The van der Waals surface area contributed by atoms with Gasteiger partial charge in [0.05, 0.1) is 10.8 Å². The fourth-order valence-corrected chi connectivity index (χ4v) is 4.49. The molecule has 122 valence electrons. The molecule has 0 spiro atoms. The largest absolute Gasteiger partial charge is 0.481 e. The third-order valence-corrected chi connectivity index (χ3v) is 5.85. The number of amides is 1. The molecule has 0 aliphatic carbocycles. The highest BCUT2D eigenvalue weighted by Gasteiger charge is 2.34. The molecule has 6 heteroatoms. The molecule has 1 aromatic carbocycles. The standard InChI is InChI=1S/C17H18FNO3S/c1-9-8-19(7-6-11(9)17(21)22)16(20)15-10(2)14-12(18)4-3-5-13(14)23-15/h3-5,9,11H,6-8H2,1-2H3,(H,21,22). The number of aryl methyl sites for hydroxylation is 1. The van der Waals surface area contributed by atoms with Crippen LogP contribution in [0.15, 0.2) is 18.2 Å². The van der Waals surface area contributed by atoms with E-state index >= 15 is 0 Å². The summed E-state index contributed by atoms with van der Waals surface area (Å²) in [6.07, 6.45) is 0.459. The van der Waals surface area contributed by atoms with E-state index in [0.717, 1.165) is 4.70 Å². The molecule has 1 amide bonds. The van der Waals surface area contributed by atoms with E-state index in [1.807, 2.05) is 13.0 Å². The Morgan fingerprint density at radius 3 is 2.74 bits per heavy atom. The topological polar surface area (TPSA) is 57.6 Å². The molecular formula is C17H18FNO3S. The van der Waals surface area contributed by atoms with Crippen molar-refractivity contribution < 1.29 is 19.1 Å². The minimum Gasteiger partial charge on any atom is -0.481 e. The lowest BCUT2D eigenvalue weighted by atomic mass is 9.87. The normalized spacial score (nSPS) is 21.6. The van der Waals surface area contributed by atoms with Crippen LogP contribution in [-0.2, 0) is 4.79 Å². The van der Waals surface area contributed by atoms with Gasteiger partial charge in [-0.2, -0.15) is 0 Å². The number of piperidine rings is 1. The van der Waals surface area contributed by atoms with E-state index in [2.05, 4.69) is 0 Å². The molecular weight excluding hydrogens is 317 g/mol. The summed E-state index contributed by atoms with van der Waals surface area (Å²) in [6, 6.07) is 4.85. The van der Waals surface area contributed by atoms with E-state index in [4.69, 9.17) is 0 Å². The van der Waals surface area contributed by atoms with Crippen LogP contribution in [0.3, 0.4) is 0 Å². The summed E-state index contributed by atoms with van der Waals surface area (Å²) in [5, 5.41) is 9.69. The Kier molecular flexibility index (Phi) is 4.10. The monoisotopic (exact) mass is 335 g/mol. The van der Waals surface area contributed by atoms with Crippen molar-refractivity contribution in [1.82, 2.24) is 4.90 Å². The van der Waals surface area contributed by atoms with Crippen molar-refractivity contribution in [2.24, 2.45) is 11.8 Å². The molecule has 0 saturated carbocycles. The number of aliphatic carboxylic acids is 1. The molecule has 2 unspecified atom stereocenters. The lowest BCUT2D eigenvalue weighted by Gasteiger charge is -2.34. The minimum absolute atomic E-state index is 0.0865. The van der Waals surface area contributed by atoms with Gasteiger partial charge in [0.25, 0.3) is 5.91 Å². The first-order chi connectivity index (χ1) is 10.9. The van der Waals surface area contributed by atoms with Gasteiger partial charge in [-0.05, 0) is 37.0 Å². The Morgan fingerprint density at radius 2 is 2.13 bits per heavy atom. The van der Waals surface area contributed by atoms with Gasteiger partial charge >= 0.3 is 5.97 Å². The second-order valence-corrected chi connectivity index (χ2v) is 7.18. The quantitative estimate of drug-likeness (QED) is 0.913. The molecule has 1 N–H and O–H groups in total. The highest BCUT2D eigenvalue weighted by atomic mass is 32.1. The number of hydrogen-bond donors (Lipinski definition) is 1. The van der Waals surface area contributed by atoms with Crippen molar-refractivity contribution in [2.75, 3.05) is 13.1 Å². The number of nitrogens with zero attached hydrogens (tertiary/aromatic N) is 1. The van der Waals surface area contributed by atoms with Gasteiger partial charge in [-0.15, -0.1) is 11.3 Å². The molecule has 4 nitrogen and oxygen atoms in total. The van der Waals surface area contributed by atoms with Gasteiger partial charge in [0.2, 0.25) is 0 Å². The van der Waals surface area contributed by atoms with Gasteiger partial charge in [0, 0.05) is 23.2 Å². The van der Waals surface area contributed by atoms with Gasteiger partial charge in [-0.25, -0.2) is 4.39 Å². The van der Waals surface area contributed by atoms with Gasteiger partial charge in [-0.1, -0.05) is 13.0 Å². The van der Waals surface area contributed by atoms with Crippen molar-refractivity contribution in [3.63, 3.8) is 0 Å². The zero-order chi connectivity index (χ0) is 16.7. The smallest absolute Gasteiger partial charge is 0.306 e. The molecule has 3 rings (SSSR count). The van der Waals surface area contributed by atoms with Crippen molar-refractivity contribution in [1.29, 1.82) is 0 Å². The molecule has 1 fully saturated rings. The summed E-state index contributed by atoms with van der Waals surface area (Å²) in [6.45, 7) is 4.47. The molecule has 1 aliphatic heterocycles. The Bertz CT molecular complexity index is 785. The highest BCUT2D eigenvalue weighted by Crippen LogP contribution is 2.34. The fraction of sp³-hybridized carbons (Fsp3) is 0.412. The fourth-order valence-electron chi connectivity index (χ4n) is 3.30. The van der Waals surface area contributed by atoms with Crippen LogP contribution in [0, 0.1) is 24.6 Å². The summed E-state index contributed by atoms with van der Waals surface area (Å²) in [4.78, 5) is 26.2. The van der Waals surface area contributed by atoms with E-state index in [9.17, 15) is 19.1 Å². The van der Waals surface area contributed by atoms with E-state index in [0.29, 0.717) is 35.3 Å². The second kappa shape index (κ2) is 5.92. The summed E-state index contributed by atoms with van der Waals surface area (Å²) in [7, 11) is 0. The first-order valence-corrected chi connectivity index (χ1v) is 8.41. The van der Waals surface area contributed by atoms with Crippen LogP contribution in [0.4, 0.5) is 4.39 Å². The Labute approximate surface area is 137 Å². The molecule has 2 atom stereocenters. The van der Waals surface area contributed by atoms with E-state index in [1.165, 1.54) is 17.4 Å². The molecule has 2 aromatic rings. The van der Waals surface area contributed by atoms with Crippen LogP contribution in [-0.4, -0.2) is 35.0 Å². The number of benzene rings is 1. The van der Waals surface area contributed by atoms with Crippen molar-refractivity contribution in [3.05, 3.63) is 34.5 Å². The molecule has 0 bridgehead atoms. The Balaban J connectivity index is 1.89. The van der Waals surface area contributed by atoms with E-state index in [-0.39, 0.29) is 17.6 Å². The number of rotatable bonds is 2. The number of carbonyl (C=O) groups is 2. The average Bonchev–Trinajstić information content (AvgIpc) is 2.84. The van der Waals surface area contributed by atoms with Gasteiger partial charge in [-0.3, -0.25) is 9.59 Å². The van der Waals surface area contributed by atoms with Gasteiger partial charge in [0.1, 0.15) is 5.82 Å². The van der Waals surface area contributed by atoms with Crippen molar-refractivity contribution in [3.8, 4) is 0 Å². The SMILES string of the molecule is Cc1c(C(=O)N2CCC(C(=O)O)C(C)C2)sc2cccc(F)c12. The predicted molar refractivity (Wildman–Crippen MR) is 87.3 cm³/mol. The van der Waals surface area contributed by atoms with Gasteiger partial charge < -0.3 is 10.0 Å². The number of halogens is 1. The number of thiophene rings is 1. The lowest BCUT2D eigenvalue weighted by Crippen LogP contribution is -2.44. The van der Waals surface area contributed by atoms with E-state index in [1.54, 1.807) is 17.9 Å². The first-order valence-electron chi connectivity index (χ1n) is 7.60. The summed E-state index contributed by atoms with van der Waals surface area (Å²) >= 11 is 1.30. The maximum Gasteiger partial charge on any atom is 0.306 e. The summed E-state index contributed by atoms with van der Waals surface area (Å²) < 4.78 is 14.7.